The Labute approximate surface area is 190 Å². The second-order valence-electron chi connectivity index (χ2n) is 7.12. The first-order valence-electron chi connectivity index (χ1n) is 10.7. The Kier molecular flexibility index (Phi) is 7.63. The molecular formula is C23H25N5O3S. The summed E-state index contributed by atoms with van der Waals surface area (Å²) >= 11 is 1.58. The van der Waals surface area contributed by atoms with Crippen molar-refractivity contribution < 1.29 is 9.26 Å². The van der Waals surface area contributed by atoms with Gasteiger partial charge in [-0.25, -0.2) is 4.98 Å². The first kappa shape index (κ1) is 22.2. The van der Waals surface area contributed by atoms with E-state index in [0.29, 0.717) is 43.3 Å². The molecule has 4 aromatic rings. The Morgan fingerprint density at radius 3 is 2.78 bits per heavy atom. The van der Waals surface area contributed by atoms with Crippen LogP contribution < -0.4 is 5.56 Å². The summed E-state index contributed by atoms with van der Waals surface area (Å²) in [6, 6.07) is 11.2. The number of thioether (sulfide) groups is 1. The van der Waals surface area contributed by atoms with Crippen LogP contribution in [-0.4, -0.2) is 43.6 Å². The van der Waals surface area contributed by atoms with Gasteiger partial charge >= 0.3 is 0 Å². The molecule has 0 bridgehead atoms. The number of ether oxygens (including phenoxy) is 1. The van der Waals surface area contributed by atoms with Crippen molar-refractivity contribution in [2.45, 2.75) is 37.9 Å². The third-order valence-corrected chi connectivity index (χ3v) is 5.94. The molecule has 3 heterocycles. The minimum absolute atomic E-state index is 0.00603. The summed E-state index contributed by atoms with van der Waals surface area (Å²) in [5.74, 6) is 1.94. The molecule has 0 radical (unpaired) electrons. The number of pyridine rings is 1. The highest BCUT2D eigenvalue weighted by Gasteiger charge is 2.12. The first-order chi connectivity index (χ1) is 15.8. The smallest absolute Gasteiger partial charge is 0.262 e. The van der Waals surface area contributed by atoms with E-state index in [1.807, 2.05) is 43.3 Å². The number of hydrogen-bond donors (Lipinski definition) is 0. The van der Waals surface area contributed by atoms with Gasteiger partial charge in [0.05, 0.1) is 10.9 Å². The summed E-state index contributed by atoms with van der Waals surface area (Å²) in [7, 11) is 0. The fourth-order valence-corrected chi connectivity index (χ4v) is 4.25. The van der Waals surface area contributed by atoms with E-state index in [0.717, 1.165) is 34.8 Å². The van der Waals surface area contributed by atoms with E-state index >= 15 is 0 Å². The number of nitrogens with zero attached hydrogens (tertiary/aromatic N) is 5. The van der Waals surface area contributed by atoms with E-state index in [2.05, 4.69) is 15.1 Å². The molecule has 0 atom stereocenters. The van der Waals surface area contributed by atoms with Gasteiger partial charge in [0.1, 0.15) is 0 Å². The third kappa shape index (κ3) is 5.41. The van der Waals surface area contributed by atoms with Crippen LogP contribution in [0.1, 0.15) is 25.7 Å². The Balaban J connectivity index is 1.41. The molecule has 1 aromatic carbocycles. The maximum Gasteiger partial charge on any atom is 0.262 e. The van der Waals surface area contributed by atoms with Gasteiger partial charge in [0, 0.05) is 49.9 Å². The lowest BCUT2D eigenvalue weighted by atomic mass is 10.2. The minimum atomic E-state index is -0.00603. The lowest BCUT2D eigenvalue weighted by Crippen LogP contribution is -2.24. The monoisotopic (exact) mass is 451 g/mol. The van der Waals surface area contributed by atoms with Crippen LogP contribution in [0.3, 0.4) is 0 Å². The highest BCUT2D eigenvalue weighted by molar-refractivity contribution is 7.99. The zero-order valence-electron chi connectivity index (χ0n) is 17.9. The fourth-order valence-electron chi connectivity index (χ4n) is 3.29. The molecule has 0 saturated carbocycles. The van der Waals surface area contributed by atoms with Gasteiger partial charge < -0.3 is 9.26 Å². The zero-order chi connectivity index (χ0) is 22.2. The number of fused-ring (bicyclic) bond motifs is 1. The van der Waals surface area contributed by atoms with Gasteiger partial charge in [0.15, 0.2) is 5.16 Å². The van der Waals surface area contributed by atoms with Crippen molar-refractivity contribution in [1.29, 1.82) is 0 Å². The van der Waals surface area contributed by atoms with Crippen molar-refractivity contribution in [2.75, 3.05) is 19.0 Å². The van der Waals surface area contributed by atoms with Crippen molar-refractivity contribution in [1.82, 2.24) is 24.7 Å². The van der Waals surface area contributed by atoms with Gasteiger partial charge in [-0.2, -0.15) is 4.98 Å². The van der Waals surface area contributed by atoms with Crippen LogP contribution in [-0.2, 0) is 17.7 Å². The summed E-state index contributed by atoms with van der Waals surface area (Å²) in [5, 5.41) is 5.41. The van der Waals surface area contributed by atoms with Gasteiger partial charge in [0.25, 0.3) is 5.56 Å². The van der Waals surface area contributed by atoms with Crippen molar-refractivity contribution in [3.8, 4) is 11.4 Å². The van der Waals surface area contributed by atoms with Crippen LogP contribution in [0, 0.1) is 0 Å². The Morgan fingerprint density at radius 1 is 1.09 bits per heavy atom. The Bertz CT molecular complexity index is 1210. The van der Waals surface area contributed by atoms with Crippen LogP contribution in [0.4, 0.5) is 0 Å². The average molecular weight is 452 g/mol. The SMILES string of the molecule is CCOCCCn1c(SCCCc2nc(-c3ccncc3)no2)nc2ccccc2c1=O. The largest absolute Gasteiger partial charge is 0.382 e. The van der Waals surface area contributed by atoms with Crippen molar-refractivity contribution in [3.63, 3.8) is 0 Å². The molecule has 9 heteroatoms. The molecule has 0 amide bonds. The number of aromatic nitrogens is 5. The topological polar surface area (TPSA) is 95.9 Å². The van der Waals surface area contributed by atoms with Crippen LogP contribution in [0.25, 0.3) is 22.3 Å². The molecule has 0 aliphatic rings. The van der Waals surface area contributed by atoms with E-state index in [1.54, 1.807) is 28.7 Å². The lowest BCUT2D eigenvalue weighted by Gasteiger charge is -2.13. The molecule has 4 rings (SSSR count). The molecule has 8 nitrogen and oxygen atoms in total. The predicted molar refractivity (Wildman–Crippen MR) is 124 cm³/mol. The summed E-state index contributed by atoms with van der Waals surface area (Å²) in [5.41, 5.74) is 1.59. The zero-order valence-corrected chi connectivity index (χ0v) is 18.8. The standard InChI is InChI=1S/C23H25N5O3S/c1-2-30-15-6-14-28-22(29)18-7-3-4-8-19(18)25-23(28)32-16-5-9-20-26-21(27-31-20)17-10-12-24-13-11-17/h3-4,7-8,10-13H,2,5-6,9,14-16H2,1H3. The van der Waals surface area contributed by atoms with Crippen LogP contribution in [0.15, 0.2) is 63.3 Å². The van der Waals surface area contributed by atoms with Crippen molar-refractivity contribution >= 4 is 22.7 Å². The van der Waals surface area contributed by atoms with E-state index in [4.69, 9.17) is 14.2 Å². The second kappa shape index (κ2) is 11.0. The molecule has 0 aliphatic heterocycles. The normalized spacial score (nSPS) is 11.3. The van der Waals surface area contributed by atoms with Gasteiger partial charge in [-0.3, -0.25) is 14.3 Å². The summed E-state index contributed by atoms with van der Waals surface area (Å²) in [6.45, 7) is 3.84. The maximum atomic E-state index is 13.0. The van der Waals surface area contributed by atoms with E-state index < -0.39 is 0 Å². The summed E-state index contributed by atoms with van der Waals surface area (Å²) in [4.78, 5) is 26.2. The maximum absolute atomic E-state index is 13.0. The fraction of sp³-hybridized carbons (Fsp3) is 0.348. The molecule has 0 saturated heterocycles. The number of rotatable bonds is 11. The number of benzene rings is 1. The Morgan fingerprint density at radius 2 is 1.94 bits per heavy atom. The molecular weight excluding hydrogens is 426 g/mol. The first-order valence-corrected chi connectivity index (χ1v) is 11.7. The molecule has 0 fully saturated rings. The second-order valence-corrected chi connectivity index (χ2v) is 8.18. The van der Waals surface area contributed by atoms with Gasteiger partial charge in [-0.05, 0) is 44.0 Å². The van der Waals surface area contributed by atoms with Crippen LogP contribution >= 0.6 is 11.8 Å². The number of aryl methyl sites for hydroxylation is 1. The molecule has 166 valence electrons. The van der Waals surface area contributed by atoms with Gasteiger partial charge in [-0.15, -0.1) is 0 Å². The van der Waals surface area contributed by atoms with E-state index in [-0.39, 0.29) is 5.56 Å². The number of para-hydroxylation sites is 1. The lowest BCUT2D eigenvalue weighted by molar-refractivity contribution is 0.140. The molecule has 0 aliphatic carbocycles. The highest BCUT2D eigenvalue weighted by atomic mass is 32.2. The third-order valence-electron chi connectivity index (χ3n) is 4.87. The summed E-state index contributed by atoms with van der Waals surface area (Å²) in [6.07, 6.45) is 5.65. The van der Waals surface area contributed by atoms with Crippen molar-refractivity contribution in [2.24, 2.45) is 0 Å². The number of hydrogen-bond acceptors (Lipinski definition) is 8. The minimum Gasteiger partial charge on any atom is -0.382 e. The highest BCUT2D eigenvalue weighted by Crippen LogP contribution is 2.20. The average Bonchev–Trinajstić information content (AvgIpc) is 3.31. The van der Waals surface area contributed by atoms with Crippen molar-refractivity contribution in [3.05, 3.63) is 65.0 Å². The van der Waals surface area contributed by atoms with E-state index in [9.17, 15) is 4.79 Å². The molecule has 0 spiro atoms. The van der Waals surface area contributed by atoms with Crippen LogP contribution in [0.5, 0.6) is 0 Å². The van der Waals surface area contributed by atoms with Gasteiger partial charge in [0.2, 0.25) is 11.7 Å². The molecule has 32 heavy (non-hydrogen) atoms. The molecule has 0 unspecified atom stereocenters. The molecule has 0 N–H and O–H groups in total. The predicted octanol–water partition coefficient (Wildman–Crippen LogP) is 3.99. The van der Waals surface area contributed by atoms with E-state index in [1.165, 1.54) is 0 Å². The summed E-state index contributed by atoms with van der Waals surface area (Å²) < 4.78 is 12.6. The molecule has 3 aromatic heterocycles. The Hall–Kier alpha value is -3.04. The van der Waals surface area contributed by atoms with Gasteiger partial charge in [-0.1, -0.05) is 29.1 Å². The van der Waals surface area contributed by atoms with Crippen LogP contribution in [0.2, 0.25) is 0 Å². The quantitative estimate of drug-likeness (QED) is 0.192.